The van der Waals surface area contributed by atoms with Gasteiger partial charge in [0.05, 0.1) is 19.8 Å². The van der Waals surface area contributed by atoms with Crippen LogP contribution in [0.1, 0.15) is 52.4 Å². The van der Waals surface area contributed by atoms with E-state index in [1.807, 2.05) is 6.92 Å². The Balaban J connectivity index is 1.94. The van der Waals surface area contributed by atoms with E-state index in [2.05, 4.69) is 6.92 Å². The topological polar surface area (TPSA) is 54.0 Å². The number of carbonyl (C=O) groups excluding carboxylic acids is 1. The lowest BCUT2D eigenvalue weighted by Gasteiger charge is -2.41. The molecule has 116 valence electrons. The second-order valence-electron chi connectivity index (χ2n) is 5.52. The minimum atomic E-state index is -0.803. The van der Waals surface area contributed by atoms with Crippen molar-refractivity contribution >= 4 is 5.97 Å². The van der Waals surface area contributed by atoms with Crippen LogP contribution in [0.15, 0.2) is 0 Å². The average Bonchev–Trinajstić information content (AvgIpc) is 2.91. The smallest absolute Gasteiger partial charge is 0.338 e. The lowest BCUT2D eigenvalue weighted by molar-refractivity contribution is -0.219. The zero-order valence-electron chi connectivity index (χ0n) is 12.6. The Bertz CT molecular complexity index is 312. The van der Waals surface area contributed by atoms with Crippen LogP contribution in [0.2, 0.25) is 0 Å². The lowest BCUT2D eigenvalue weighted by Crippen LogP contribution is -2.50. The van der Waals surface area contributed by atoms with Gasteiger partial charge >= 0.3 is 5.97 Å². The van der Waals surface area contributed by atoms with Gasteiger partial charge in [-0.2, -0.15) is 0 Å². The van der Waals surface area contributed by atoms with Crippen LogP contribution in [-0.2, 0) is 23.7 Å². The summed E-state index contributed by atoms with van der Waals surface area (Å²) >= 11 is 0. The van der Waals surface area contributed by atoms with Crippen molar-refractivity contribution in [1.82, 2.24) is 0 Å². The van der Waals surface area contributed by atoms with Crippen molar-refractivity contribution in [3.63, 3.8) is 0 Å². The number of hydrogen-bond donors (Lipinski definition) is 0. The quantitative estimate of drug-likeness (QED) is 0.554. The molecule has 2 rings (SSSR count). The van der Waals surface area contributed by atoms with Gasteiger partial charge in [0.1, 0.15) is 0 Å². The van der Waals surface area contributed by atoms with Gasteiger partial charge in [0.15, 0.2) is 11.4 Å². The fourth-order valence-electron chi connectivity index (χ4n) is 2.94. The van der Waals surface area contributed by atoms with Crippen molar-refractivity contribution < 1.29 is 23.7 Å². The second kappa shape index (κ2) is 6.87. The second-order valence-corrected chi connectivity index (χ2v) is 5.52. The Labute approximate surface area is 120 Å². The largest absolute Gasteiger partial charge is 0.464 e. The van der Waals surface area contributed by atoms with E-state index in [4.69, 9.17) is 18.9 Å². The summed E-state index contributed by atoms with van der Waals surface area (Å²) in [5.41, 5.74) is -0.803. The summed E-state index contributed by atoms with van der Waals surface area (Å²) in [4.78, 5) is 12.4. The molecule has 1 aliphatic carbocycles. The van der Waals surface area contributed by atoms with Crippen LogP contribution in [0.4, 0.5) is 0 Å². The average molecular weight is 286 g/mol. The summed E-state index contributed by atoms with van der Waals surface area (Å²) < 4.78 is 22.6. The van der Waals surface area contributed by atoms with Crippen LogP contribution in [0.5, 0.6) is 0 Å². The van der Waals surface area contributed by atoms with Crippen molar-refractivity contribution in [3.05, 3.63) is 0 Å². The van der Waals surface area contributed by atoms with E-state index in [1.54, 1.807) is 0 Å². The molecular weight excluding hydrogens is 260 g/mol. The number of carbonyl (C=O) groups is 1. The zero-order valence-corrected chi connectivity index (χ0v) is 12.6. The van der Waals surface area contributed by atoms with Crippen LogP contribution in [0.3, 0.4) is 0 Å². The molecule has 20 heavy (non-hydrogen) atoms. The van der Waals surface area contributed by atoms with Crippen molar-refractivity contribution in [2.75, 3.05) is 26.4 Å². The van der Waals surface area contributed by atoms with Crippen LogP contribution < -0.4 is 0 Å². The Morgan fingerprint density at radius 1 is 1.10 bits per heavy atom. The van der Waals surface area contributed by atoms with E-state index in [-0.39, 0.29) is 5.97 Å². The first-order chi connectivity index (χ1) is 9.66. The summed E-state index contributed by atoms with van der Waals surface area (Å²) in [7, 11) is 0. The zero-order chi connectivity index (χ0) is 14.5. The number of ether oxygens (including phenoxy) is 4. The molecule has 0 unspecified atom stereocenters. The predicted octanol–water partition coefficient (Wildman–Crippen LogP) is 2.42. The van der Waals surface area contributed by atoms with Gasteiger partial charge in [0.25, 0.3) is 0 Å². The molecule has 5 nitrogen and oxygen atoms in total. The van der Waals surface area contributed by atoms with Gasteiger partial charge in [0, 0.05) is 19.4 Å². The first-order valence-electron chi connectivity index (χ1n) is 7.75. The molecule has 1 aliphatic heterocycles. The van der Waals surface area contributed by atoms with E-state index in [1.165, 1.54) is 0 Å². The van der Waals surface area contributed by atoms with Crippen LogP contribution in [0, 0.1) is 0 Å². The molecule has 2 aliphatic rings. The predicted molar refractivity (Wildman–Crippen MR) is 73.3 cm³/mol. The molecule has 1 saturated heterocycles. The molecule has 0 atom stereocenters. The maximum atomic E-state index is 12.4. The third kappa shape index (κ3) is 3.32. The highest BCUT2D eigenvalue weighted by Gasteiger charge is 2.51. The summed E-state index contributed by atoms with van der Waals surface area (Å²) in [5, 5.41) is 0. The fourth-order valence-corrected chi connectivity index (χ4v) is 2.94. The highest BCUT2D eigenvalue weighted by molar-refractivity contribution is 5.79. The van der Waals surface area contributed by atoms with Gasteiger partial charge in [-0.05, 0) is 26.2 Å². The molecule has 0 N–H and O–H groups in total. The normalized spacial score (nSPS) is 23.9. The standard InChI is InChI=1S/C15H26O5/c1-3-5-10-17-13(16)14(18-4-2)6-8-15(9-7-14)19-11-12-20-15/h3-12H2,1-2H3. The maximum absolute atomic E-state index is 12.4. The summed E-state index contributed by atoms with van der Waals surface area (Å²) in [5.74, 6) is -0.703. The summed E-state index contributed by atoms with van der Waals surface area (Å²) in [6.07, 6.45) is 4.49. The number of hydrogen-bond acceptors (Lipinski definition) is 5. The van der Waals surface area contributed by atoms with E-state index in [0.29, 0.717) is 52.1 Å². The van der Waals surface area contributed by atoms with Gasteiger partial charge in [-0.15, -0.1) is 0 Å². The highest BCUT2D eigenvalue weighted by atomic mass is 16.7. The highest BCUT2D eigenvalue weighted by Crippen LogP contribution is 2.42. The Morgan fingerprint density at radius 3 is 2.30 bits per heavy atom. The van der Waals surface area contributed by atoms with Crippen LogP contribution in [0.25, 0.3) is 0 Å². The van der Waals surface area contributed by atoms with Crippen molar-refractivity contribution in [3.8, 4) is 0 Å². The van der Waals surface area contributed by atoms with Crippen molar-refractivity contribution in [2.24, 2.45) is 0 Å². The van der Waals surface area contributed by atoms with E-state index < -0.39 is 11.4 Å². The Morgan fingerprint density at radius 2 is 1.75 bits per heavy atom. The molecule has 0 bridgehead atoms. The minimum absolute atomic E-state index is 0.222. The van der Waals surface area contributed by atoms with Gasteiger partial charge in [-0.1, -0.05) is 13.3 Å². The van der Waals surface area contributed by atoms with Gasteiger partial charge in [-0.3, -0.25) is 0 Å². The van der Waals surface area contributed by atoms with Gasteiger partial charge < -0.3 is 18.9 Å². The molecule has 2 fully saturated rings. The van der Waals surface area contributed by atoms with Crippen molar-refractivity contribution in [2.45, 2.75) is 63.8 Å². The molecule has 1 spiro atoms. The first kappa shape index (κ1) is 15.7. The molecule has 0 aromatic heterocycles. The first-order valence-corrected chi connectivity index (χ1v) is 7.75. The SMILES string of the molecule is CCCCOC(=O)C1(OCC)CCC2(CC1)OCCO2. The lowest BCUT2D eigenvalue weighted by atomic mass is 9.81. The molecule has 0 amide bonds. The van der Waals surface area contributed by atoms with Crippen LogP contribution in [-0.4, -0.2) is 43.8 Å². The molecule has 1 saturated carbocycles. The van der Waals surface area contributed by atoms with Crippen molar-refractivity contribution in [1.29, 1.82) is 0 Å². The maximum Gasteiger partial charge on any atom is 0.338 e. The molecule has 0 radical (unpaired) electrons. The molecule has 5 heteroatoms. The molecular formula is C15H26O5. The molecule has 0 aromatic rings. The van der Waals surface area contributed by atoms with Crippen LogP contribution >= 0.6 is 0 Å². The van der Waals surface area contributed by atoms with E-state index in [9.17, 15) is 4.79 Å². The summed E-state index contributed by atoms with van der Waals surface area (Å²) in [6, 6.07) is 0. The minimum Gasteiger partial charge on any atom is -0.464 e. The van der Waals surface area contributed by atoms with Gasteiger partial charge in [-0.25, -0.2) is 4.79 Å². The number of unbranched alkanes of at least 4 members (excludes halogenated alkanes) is 1. The number of rotatable bonds is 6. The van der Waals surface area contributed by atoms with Gasteiger partial charge in [0.2, 0.25) is 0 Å². The van der Waals surface area contributed by atoms with E-state index in [0.717, 1.165) is 12.8 Å². The third-order valence-corrected chi connectivity index (χ3v) is 4.16. The molecule has 0 aromatic carbocycles. The fraction of sp³-hybridized carbons (Fsp3) is 0.933. The Hall–Kier alpha value is -0.650. The summed E-state index contributed by atoms with van der Waals surface area (Å²) in [6.45, 7) is 6.25. The Kier molecular flexibility index (Phi) is 5.41. The van der Waals surface area contributed by atoms with E-state index >= 15 is 0 Å². The number of esters is 1. The molecule has 1 heterocycles. The third-order valence-electron chi connectivity index (χ3n) is 4.16. The monoisotopic (exact) mass is 286 g/mol.